The van der Waals surface area contributed by atoms with E-state index in [1.54, 1.807) is 12.1 Å². The summed E-state index contributed by atoms with van der Waals surface area (Å²) in [4.78, 5) is 0.0807. The summed E-state index contributed by atoms with van der Waals surface area (Å²) >= 11 is 0. The van der Waals surface area contributed by atoms with Gasteiger partial charge in [-0.05, 0) is 31.4 Å². The molecular formula is C13H17NO3S. The molecule has 0 saturated carbocycles. The Balaban J connectivity index is 2.88. The van der Waals surface area contributed by atoms with Crippen LogP contribution in [0.5, 0.6) is 0 Å². The lowest BCUT2D eigenvalue weighted by Crippen LogP contribution is -2.19. The molecule has 98 valence electrons. The van der Waals surface area contributed by atoms with Crippen LogP contribution in [0.3, 0.4) is 0 Å². The predicted octanol–water partition coefficient (Wildman–Crippen LogP) is 2.64. The Labute approximate surface area is 108 Å². The number of hydrogen-bond donors (Lipinski definition) is 0. The molecule has 1 aromatic carbocycles. The van der Waals surface area contributed by atoms with Crippen LogP contribution in [0.2, 0.25) is 0 Å². The van der Waals surface area contributed by atoms with Gasteiger partial charge in [0.15, 0.2) is 6.10 Å². The third kappa shape index (κ3) is 4.13. The second-order valence-electron chi connectivity index (χ2n) is 4.61. The van der Waals surface area contributed by atoms with E-state index in [1.165, 1.54) is 12.1 Å². The van der Waals surface area contributed by atoms with Crippen molar-refractivity contribution in [2.75, 3.05) is 0 Å². The van der Waals surface area contributed by atoms with Gasteiger partial charge in [0.2, 0.25) is 0 Å². The Morgan fingerprint density at radius 1 is 1.28 bits per heavy atom. The Bertz CT molecular complexity index is 526. The summed E-state index contributed by atoms with van der Waals surface area (Å²) in [6.07, 6.45) is -0.544. The lowest BCUT2D eigenvalue weighted by Gasteiger charge is -2.12. The van der Waals surface area contributed by atoms with Gasteiger partial charge >= 0.3 is 0 Å². The predicted molar refractivity (Wildman–Crippen MR) is 68.3 cm³/mol. The smallest absolute Gasteiger partial charge is 0.248 e. The summed E-state index contributed by atoms with van der Waals surface area (Å²) < 4.78 is 28.8. The van der Waals surface area contributed by atoms with E-state index in [0.29, 0.717) is 6.42 Å². The first kappa shape index (κ1) is 14.7. The standard InChI is InChI=1S/C13H17NO3S/c1-10(2)8-12(9-14)17-18(15,16)13-6-4-11(3)5-7-13/h4-7,10,12H,8H2,1-3H3/t12-/m0/s1. The van der Waals surface area contributed by atoms with E-state index >= 15 is 0 Å². The molecule has 0 amide bonds. The van der Waals surface area contributed by atoms with Crippen LogP contribution in [0.1, 0.15) is 25.8 Å². The number of rotatable bonds is 5. The summed E-state index contributed by atoms with van der Waals surface area (Å²) in [5.74, 6) is 0.197. The molecule has 0 unspecified atom stereocenters. The Morgan fingerprint density at radius 2 is 1.83 bits per heavy atom. The van der Waals surface area contributed by atoms with Crippen molar-refractivity contribution in [2.24, 2.45) is 5.92 Å². The first-order valence-electron chi connectivity index (χ1n) is 5.74. The molecule has 0 saturated heterocycles. The van der Waals surface area contributed by atoms with Gasteiger partial charge in [0, 0.05) is 0 Å². The molecule has 0 aliphatic heterocycles. The van der Waals surface area contributed by atoms with E-state index in [2.05, 4.69) is 0 Å². The highest BCUT2D eigenvalue weighted by Gasteiger charge is 2.22. The van der Waals surface area contributed by atoms with Crippen LogP contribution in [0, 0.1) is 24.2 Å². The van der Waals surface area contributed by atoms with Crippen LogP contribution in [0.15, 0.2) is 29.2 Å². The van der Waals surface area contributed by atoms with Gasteiger partial charge in [0.25, 0.3) is 10.1 Å². The van der Waals surface area contributed by atoms with Crippen LogP contribution >= 0.6 is 0 Å². The lowest BCUT2D eigenvalue weighted by atomic mass is 10.1. The normalized spacial score (nSPS) is 13.3. The molecule has 5 heteroatoms. The van der Waals surface area contributed by atoms with Gasteiger partial charge in [-0.3, -0.25) is 0 Å². The summed E-state index contributed by atoms with van der Waals surface area (Å²) in [6, 6.07) is 8.22. The van der Waals surface area contributed by atoms with Gasteiger partial charge in [-0.15, -0.1) is 0 Å². The van der Waals surface area contributed by atoms with E-state index in [4.69, 9.17) is 9.44 Å². The Morgan fingerprint density at radius 3 is 2.28 bits per heavy atom. The van der Waals surface area contributed by atoms with Gasteiger partial charge in [0.05, 0.1) is 11.0 Å². The zero-order valence-corrected chi connectivity index (χ0v) is 11.6. The molecule has 0 N–H and O–H groups in total. The first-order valence-corrected chi connectivity index (χ1v) is 7.15. The van der Waals surface area contributed by atoms with Crippen molar-refractivity contribution in [1.29, 1.82) is 5.26 Å². The second-order valence-corrected chi connectivity index (χ2v) is 6.18. The van der Waals surface area contributed by atoms with Crippen molar-refractivity contribution in [1.82, 2.24) is 0 Å². The molecule has 0 aromatic heterocycles. The van der Waals surface area contributed by atoms with Crippen molar-refractivity contribution in [3.63, 3.8) is 0 Å². The fourth-order valence-corrected chi connectivity index (χ4v) is 2.46. The minimum Gasteiger partial charge on any atom is -0.248 e. The molecule has 0 fully saturated rings. The van der Waals surface area contributed by atoms with Crippen LogP contribution in [-0.4, -0.2) is 14.5 Å². The quantitative estimate of drug-likeness (QED) is 0.769. The minimum atomic E-state index is -3.86. The number of nitriles is 1. The fourth-order valence-electron chi connectivity index (χ4n) is 1.46. The van der Waals surface area contributed by atoms with Crippen molar-refractivity contribution in [3.8, 4) is 6.07 Å². The van der Waals surface area contributed by atoms with Crippen molar-refractivity contribution >= 4 is 10.1 Å². The Kier molecular flexibility index (Phi) is 4.88. The molecule has 0 radical (unpaired) electrons. The summed E-state index contributed by atoms with van der Waals surface area (Å²) in [5, 5.41) is 8.89. The topological polar surface area (TPSA) is 67.2 Å². The van der Waals surface area contributed by atoms with Crippen LogP contribution in [0.25, 0.3) is 0 Å². The molecule has 0 bridgehead atoms. The van der Waals surface area contributed by atoms with Crippen molar-refractivity contribution < 1.29 is 12.6 Å². The van der Waals surface area contributed by atoms with E-state index in [0.717, 1.165) is 5.56 Å². The fraction of sp³-hybridized carbons (Fsp3) is 0.462. The molecule has 0 heterocycles. The van der Waals surface area contributed by atoms with Crippen LogP contribution in [-0.2, 0) is 14.3 Å². The molecule has 4 nitrogen and oxygen atoms in total. The third-order valence-electron chi connectivity index (χ3n) is 2.38. The minimum absolute atomic E-state index is 0.0807. The maximum Gasteiger partial charge on any atom is 0.298 e. The van der Waals surface area contributed by atoms with Crippen LogP contribution in [0.4, 0.5) is 0 Å². The monoisotopic (exact) mass is 267 g/mol. The largest absolute Gasteiger partial charge is 0.298 e. The van der Waals surface area contributed by atoms with Gasteiger partial charge in [-0.25, -0.2) is 4.18 Å². The Hall–Kier alpha value is -1.38. The van der Waals surface area contributed by atoms with E-state index in [-0.39, 0.29) is 10.8 Å². The van der Waals surface area contributed by atoms with Gasteiger partial charge in [-0.2, -0.15) is 13.7 Å². The number of nitrogens with zero attached hydrogens (tertiary/aromatic N) is 1. The zero-order valence-electron chi connectivity index (χ0n) is 10.8. The molecule has 18 heavy (non-hydrogen) atoms. The molecule has 1 rings (SSSR count). The van der Waals surface area contributed by atoms with Gasteiger partial charge in [0.1, 0.15) is 0 Å². The average molecular weight is 267 g/mol. The lowest BCUT2D eigenvalue weighted by molar-refractivity contribution is 0.232. The van der Waals surface area contributed by atoms with E-state index in [9.17, 15) is 8.42 Å². The summed E-state index contributed by atoms with van der Waals surface area (Å²) in [7, 11) is -3.86. The average Bonchev–Trinajstić information content (AvgIpc) is 2.27. The summed E-state index contributed by atoms with van der Waals surface area (Å²) in [5.41, 5.74) is 0.966. The highest BCUT2D eigenvalue weighted by atomic mass is 32.2. The number of benzene rings is 1. The maximum atomic E-state index is 11.9. The highest BCUT2D eigenvalue weighted by Crippen LogP contribution is 2.17. The van der Waals surface area contributed by atoms with Crippen molar-refractivity contribution in [2.45, 2.75) is 38.2 Å². The molecule has 1 aromatic rings. The summed E-state index contributed by atoms with van der Waals surface area (Å²) in [6.45, 7) is 5.69. The molecule has 0 aliphatic rings. The van der Waals surface area contributed by atoms with E-state index < -0.39 is 16.2 Å². The highest BCUT2D eigenvalue weighted by molar-refractivity contribution is 7.86. The van der Waals surface area contributed by atoms with Gasteiger partial charge < -0.3 is 0 Å². The first-order chi connectivity index (χ1) is 8.35. The number of aryl methyl sites for hydroxylation is 1. The van der Waals surface area contributed by atoms with Crippen molar-refractivity contribution in [3.05, 3.63) is 29.8 Å². The maximum absolute atomic E-state index is 11.9. The second kappa shape index (κ2) is 5.98. The van der Waals surface area contributed by atoms with Crippen LogP contribution < -0.4 is 0 Å². The molecule has 0 spiro atoms. The SMILES string of the molecule is Cc1ccc(S(=O)(=O)O[C@H](C#N)CC(C)C)cc1. The molecular weight excluding hydrogens is 250 g/mol. The van der Waals surface area contributed by atoms with E-state index in [1.807, 2.05) is 26.8 Å². The zero-order chi connectivity index (χ0) is 13.8. The third-order valence-corrected chi connectivity index (χ3v) is 3.72. The number of hydrogen-bond acceptors (Lipinski definition) is 4. The molecule has 0 aliphatic carbocycles. The molecule has 1 atom stereocenters. The van der Waals surface area contributed by atoms with Gasteiger partial charge in [-0.1, -0.05) is 31.5 Å².